The van der Waals surface area contributed by atoms with Crippen LogP contribution in [-0.2, 0) is 14.4 Å². The standard InChI is InChI=1S/C15H23N3O6/c1-15(2,8-12(21)22)7-11(20)16-3-4-17-10(9-16)13(23)18(5-6-19)14(17)24/h10,19H,3-9H2,1-2H3,(H,21,22). The van der Waals surface area contributed by atoms with E-state index in [2.05, 4.69) is 0 Å². The molecule has 24 heavy (non-hydrogen) atoms. The Hall–Kier alpha value is -2.16. The van der Waals surface area contributed by atoms with E-state index in [9.17, 15) is 19.2 Å². The van der Waals surface area contributed by atoms with Gasteiger partial charge in [0, 0.05) is 19.5 Å². The van der Waals surface area contributed by atoms with Gasteiger partial charge in [0.05, 0.1) is 26.1 Å². The SMILES string of the molecule is CC(C)(CC(=O)O)CC(=O)N1CCN2C(=O)N(CCO)C(=O)C2C1. The third kappa shape index (κ3) is 3.66. The fourth-order valence-corrected chi connectivity index (χ4v) is 3.18. The largest absolute Gasteiger partial charge is 0.481 e. The minimum atomic E-state index is -0.964. The molecule has 2 saturated heterocycles. The summed E-state index contributed by atoms with van der Waals surface area (Å²) in [5.41, 5.74) is -0.682. The summed E-state index contributed by atoms with van der Waals surface area (Å²) in [6.45, 7) is 3.74. The van der Waals surface area contributed by atoms with E-state index in [0.29, 0.717) is 6.54 Å². The number of imide groups is 1. The highest BCUT2D eigenvalue weighted by Crippen LogP contribution is 2.28. The van der Waals surface area contributed by atoms with Crippen molar-refractivity contribution in [3.8, 4) is 0 Å². The number of aliphatic hydroxyl groups is 1. The second-order valence-electron chi connectivity index (χ2n) is 6.96. The second-order valence-corrected chi connectivity index (χ2v) is 6.96. The molecular formula is C15H23N3O6. The molecule has 1 atom stereocenters. The lowest BCUT2D eigenvalue weighted by Crippen LogP contribution is -2.55. The molecule has 2 fully saturated rings. The van der Waals surface area contributed by atoms with Crippen LogP contribution in [0.15, 0.2) is 0 Å². The molecule has 134 valence electrons. The molecular weight excluding hydrogens is 318 g/mol. The second kappa shape index (κ2) is 6.76. The van der Waals surface area contributed by atoms with E-state index < -0.39 is 29.4 Å². The highest BCUT2D eigenvalue weighted by atomic mass is 16.4. The molecule has 9 heteroatoms. The maximum absolute atomic E-state index is 12.4. The van der Waals surface area contributed by atoms with E-state index >= 15 is 0 Å². The molecule has 2 aliphatic rings. The number of nitrogens with zero attached hydrogens (tertiary/aromatic N) is 3. The predicted molar refractivity (Wildman–Crippen MR) is 81.9 cm³/mol. The van der Waals surface area contributed by atoms with Crippen LogP contribution in [0.1, 0.15) is 26.7 Å². The van der Waals surface area contributed by atoms with Gasteiger partial charge in [0.1, 0.15) is 6.04 Å². The number of carbonyl (C=O) groups is 4. The summed E-state index contributed by atoms with van der Waals surface area (Å²) in [6.07, 6.45) is -0.0572. The van der Waals surface area contributed by atoms with E-state index in [4.69, 9.17) is 10.2 Å². The zero-order chi connectivity index (χ0) is 18.1. The summed E-state index contributed by atoms with van der Waals surface area (Å²) in [6, 6.07) is -1.15. The zero-order valence-corrected chi connectivity index (χ0v) is 13.9. The molecule has 2 N–H and O–H groups in total. The van der Waals surface area contributed by atoms with E-state index in [-0.39, 0.29) is 45.0 Å². The van der Waals surface area contributed by atoms with Gasteiger partial charge in [-0.15, -0.1) is 0 Å². The van der Waals surface area contributed by atoms with Crippen molar-refractivity contribution in [2.45, 2.75) is 32.7 Å². The van der Waals surface area contributed by atoms with E-state index in [1.165, 1.54) is 9.80 Å². The number of amides is 4. The summed E-state index contributed by atoms with van der Waals surface area (Å²) < 4.78 is 0. The first-order chi connectivity index (χ1) is 11.2. The first-order valence-corrected chi connectivity index (χ1v) is 7.89. The summed E-state index contributed by atoms with van der Waals surface area (Å²) in [5, 5.41) is 17.9. The molecule has 2 rings (SSSR count). The molecule has 0 aromatic carbocycles. The van der Waals surface area contributed by atoms with Gasteiger partial charge in [0.2, 0.25) is 5.91 Å². The molecule has 0 aromatic rings. The monoisotopic (exact) mass is 341 g/mol. The van der Waals surface area contributed by atoms with Crippen LogP contribution in [0.3, 0.4) is 0 Å². The number of aliphatic hydroxyl groups excluding tert-OH is 1. The van der Waals surface area contributed by atoms with E-state index in [0.717, 1.165) is 4.90 Å². The van der Waals surface area contributed by atoms with Crippen molar-refractivity contribution < 1.29 is 29.4 Å². The minimum absolute atomic E-state index is 0.0513. The Morgan fingerprint density at radius 2 is 1.88 bits per heavy atom. The van der Waals surface area contributed by atoms with Crippen molar-refractivity contribution in [2.24, 2.45) is 5.41 Å². The van der Waals surface area contributed by atoms with Crippen LogP contribution in [0.5, 0.6) is 0 Å². The Morgan fingerprint density at radius 3 is 2.46 bits per heavy atom. The highest BCUT2D eigenvalue weighted by Gasteiger charge is 2.48. The van der Waals surface area contributed by atoms with Gasteiger partial charge in [-0.3, -0.25) is 19.3 Å². The predicted octanol–water partition coefficient (Wildman–Crippen LogP) is -0.655. The number of urea groups is 1. The number of fused-ring (bicyclic) bond motifs is 1. The average molecular weight is 341 g/mol. The van der Waals surface area contributed by atoms with E-state index in [1.807, 2.05) is 0 Å². The van der Waals surface area contributed by atoms with Gasteiger partial charge in [-0.05, 0) is 5.41 Å². The van der Waals surface area contributed by atoms with Gasteiger partial charge in [0.15, 0.2) is 0 Å². The number of rotatable bonds is 6. The van der Waals surface area contributed by atoms with Crippen LogP contribution in [0.4, 0.5) is 4.79 Å². The average Bonchev–Trinajstić information content (AvgIpc) is 2.70. The van der Waals surface area contributed by atoms with Gasteiger partial charge < -0.3 is 20.0 Å². The van der Waals surface area contributed by atoms with Crippen LogP contribution in [0.25, 0.3) is 0 Å². The maximum atomic E-state index is 12.4. The lowest BCUT2D eigenvalue weighted by Gasteiger charge is -2.36. The Bertz CT molecular complexity index is 561. The Balaban J connectivity index is 2.01. The summed E-state index contributed by atoms with van der Waals surface area (Å²) >= 11 is 0. The van der Waals surface area contributed by atoms with Gasteiger partial charge in [0.25, 0.3) is 5.91 Å². The molecule has 2 heterocycles. The first kappa shape index (κ1) is 18.2. The number of carboxylic acid groups (broad SMARTS) is 1. The first-order valence-electron chi connectivity index (χ1n) is 7.89. The Kier molecular flexibility index (Phi) is 5.12. The number of hydrogen-bond acceptors (Lipinski definition) is 5. The van der Waals surface area contributed by atoms with Crippen molar-refractivity contribution in [1.29, 1.82) is 0 Å². The highest BCUT2D eigenvalue weighted by molar-refractivity contribution is 6.04. The lowest BCUT2D eigenvalue weighted by atomic mass is 9.85. The molecule has 0 aromatic heterocycles. The molecule has 4 amide bonds. The number of carboxylic acids is 1. The smallest absolute Gasteiger partial charge is 0.327 e. The van der Waals surface area contributed by atoms with Gasteiger partial charge in [-0.1, -0.05) is 13.8 Å². The van der Waals surface area contributed by atoms with Crippen LogP contribution in [0.2, 0.25) is 0 Å². The summed E-state index contributed by atoms with van der Waals surface area (Å²) in [7, 11) is 0. The molecule has 0 spiro atoms. The molecule has 0 saturated carbocycles. The van der Waals surface area contributed by atoms with Crippen LogP contribution < -0.4 is 0 Å². The summed E-state index contributed by atoms with van der Waals surface area (Å²) in [5.74, 6) is -1.59. The van der Waals surface area contributed by atoms with Crippen molar-refractivity contribution in [1.82, 2.24) is 14.7 Å². The third-order valence-electron chi connectivity index (χ3n) is 4.34. The third-order valence-corrected chi connectivity index (χ3v) is 4.34. The van der Waals surface area contributed by atoms with E-state index in [1.54, 1.807) is 13.8 Å². The molecule has 1 unspecified atom stereocenters. The van der Waals surface area contributed by atoms with Gasteiger partial charge in [-0.2, -0.15) is 0 Å². The normalized spacial score (nSPS) is 21.3. The lowest BCUT2D eigenvalue weighted by molar-refractivity contribution is -0.141. The number of aliphatic carboxylic acids is 1. The number of carbonyl (C=O) groups excluding carboxylic acids is 3. The minimum Gasteiger partial charge on any atom is -0.481 e. The van der Waals surface area contributed by atoms with Crippen molar-refractivity contribution in [2.75, 3.05) is 32.8 Å². The number of piperazine rings is 1. The van der Waals surface area contributed by atoms with Crippen molar-refractivity contribution >= 4 is 23.8 Å². The quantitative estimate of drug-likeness (QED) is 0.620. The van der Waals surface area contributed by atoms with Gasteiger partial charge in [-0.25, -0.2) is 4.79 Å². The Morgan fingerprint density at radius 1 is 1.21 bits per heavy atom. The van der Waals surface area contributed by atoms with Gasteiger partial charge >= 0.3 is 12.0 Å². The molecule has 0 radical (unpaired) electrons. The molecule has 0 aliphatic carbocycles. The molecule has 9 nitrogen and oxygen atoms in total. The fraction of sp³-hybridized carbons (Fsp3) is 0.733. The number of β-amino-alcohol motifs (C(OH)–C–C–N with tert-alkyl or cyclic N) is 1. The molecule has 0 bridgehead atoms. The number of hydrogen-bond donors (Lipinski definition) is 2. The van der Waals surface area contributed by atoms with Crippen molar-refractivity contribution in [3.63, 3.8) is 0 Å². The molecule has 2 aliphatic heterocycles. The summed E-state index contributed by atoms with van der Waals surface area (Å²) in [4.78, 5) is 51.6. The van der Waals surface area contributed by atoms with Crippen molar-refractivity contribution in [3.05, 3.63) is 0 Å². The van der Waals surface area contributed by atoms with Crippen LogP contribution >= 0.6 is 0 Å². The topological polar surface area (TPSA) is 118 Å². The maximum Gasteiger partial charge on any atom is 0.327 e. The Labute approximate surface area is 139 Å². The van der Waals surface area contributed by atoms with Crippen LogP contribution in [0, 0.1) is 5.41 Å². The zero-order valence-electron chi connectivity index (χ0n) is 13.9. The van der Waals surface area contributed by atoms with Crippen LogP contribution in [-0.4, -0.2) is 87.6 Å². The fourth-order valence-electron chi connectivity index (χ4n) is 3.18.